The molecular weight excluding hydrogens is 325 g/mol. The van der Waals surface area contributed by atoms with E-state index >= 15 is 0 Å². The van der Waals surface area contributed by atoms with Crippen LogP contribution in [-0.2, 0) is 17.6 Å². The van der Waals surface area contributed by atoms with E-state index in [0.717, 1.165) is 41.6 Å². The summed E-state index contributed by atoms with van der Waals surface area (Å²) in [5.74, 6) is 0.454. The third-order valence-corrected chi connectivity index (χ3v) is 5.12. The van der Waals surface area contributed by atoms with Gasteiger partial charge in [-0.3, -0.25) is 9.78 Å². The molecule has 136 valence electrons. The van der Waals surface area contributed by atoms with Crippen molar-refractivity contribution in [2.24, 2.45) is 11.8 Å². The van der Waals surface area contributed by atoms with Crippen LogP contribution in [-0.4, -0.2) is 10.8 Å². The molecule has 26 heavy (non-hydrogen) atoms. The third-order valence-electron chi connectivity index (χ3n) is 5.12. The standard InChI is InChI=1S/C23H26FNO/c1-4-16-9-19(13-21(24)10-16)20-12-18-7-5-17(11-23(26)15(2)3)6-8-22(18)25-14-20/h6,8-10,12-15,17H,4-5,7,11H2,1-3H3. The minimum atomic E-state index is -0.207. The van der Waals surface area contributed by atoms with Crippen molar-refractivity contribution in [1.82, 2.24) is 4.98 Å². The van der Waals surface area contributed by atoms with Gasteiger partial charge in [0.25, 0.3) is 0 Å². The van der Waals surface area contributed by atoms with Crippen molar-refractivity contribution in [3.05, 3.63) is 59.2 Å². The highest BCUT2D eigenvalue weighted by Gasteiger charge is 2.18. The zero-order valence-corrected chi connectivity index (χ0v) is 15.8. The summed E-state index contributed by atoms with van der Waals surface area (Å²) in [6.45, 7) is 5.93. The average Bonchev–Trinajstić information content (AvgIpc) is 2.83. The van der Waals surface area contributed by atoms with E-state index in [0.29, 0.717) is 12.2 Å². The topological polar surface area (TPSA) is 30.0 Å². The number of halogens is 1. The molecule has 0 saturated carbocycles. The summed E-state index contributed by atoms with van der Waals surface area (Å²) in [7, 11) is 0. The fourth-order valence-electron chi connectivity index (χ4n) is 3.38. The SMILES string of the molecule is CCc1cc(F)cc(-c2cnc3c(c2)CCC(CC(=O)C(C)C)C=C3)c1. The summed E-state index contributed by atoms with van der Waals surface area (Å²) in [6.07, 6.45) is 9.20. The highest BCUT2D eigenvalue weighted by molar-refractivity contribution is 5.81. The molecule has 0 aliphatic heterocycles. The lowest BCUT2D eigenvalue weighted by molar-refractivity contribution is -0.122. The Hall–Kier alpha value is -2.29. The lowest BCUT2D eigenvalue weighted by Crippen LogP contribution is -2.12. The van der Waals surface area contributed by atoms with Crippen LogP contribution in [0.3, 0.4) is 0 Å². The van der Waals surface area contributed by atoms with Gasteiger partial charge in [-0.15, -0.1) is 0 Å². The number of ketones is 1. The molecular formula is C23H26FNO. The molecule has 1 aromatic heterocycles. The Morgan fingerprint density at radius 1 is 1.23 bits per heavy atom. The molecule has 1 aromatic carbocycles. The van der Waals surface area contributed by atoms with Crippen LogP contribution in [0.4, 0.5) is 4.39 Å². The number of carbonyl (C=O) groups is 1. The number of aromatic nitrogens is 1. The average molecular weight is 351 g/mol. The van der Waals surface area contributed by atoms with Crippen LogP contribution in [0, 0.1) is 17.7 Å². The van der Waals surface area contributed by atoms with Crippen molar-refractivity contribution in [2.75, 3.05) is 0 Å². The second-order valence-electron chi connectivity index (χ2n) is 7.45. The van der Waals surface area contributed by atoms with Gasteiger partial charge in [-0.1, -0.05) is 32.9 Å². The highest BCUT2D eigenvalue weighted by Crippen LogP contribution is 2.28. The van der Waals surface area contributed by atoms with Crippen LogP contribution in [0.25, 0.3) is 17.2 Å². The van der Waals surface area contributed by atoms with E-state index in [4.69, 9.17) is 0 Å². The van der Waals surface area contributed by atoms with Crippen molar-refractivity contribution in [3.8, 4) is 11.1 Å². The van der Waals surface area contributed by atoms with E-state index in [2.05, 4.69) is 17.1 Å². The monoisotopic (exact) mass is 351 g/mol. The van der Waals surface area contributed by atoms with Crippen molar-refractivity contribution < 1.29 is 9.18 Å². The molecule has 2 nitrogen and oxygen atoms in total. The molecule has 0 spiro atoms. The smallest absolute Gasteiger partial charge is 0.136 e. The molecule has 0 fully saturated rings. The Morgan fingerprint density at radius 2 is 2.04 bits per heavy atom. The van der Waals surface area contributed by atoms with Gasteiger partial charge in [0.15, 0.2) is 0 Å². The second kappa shape index (κ2) is 7.94. The van der Waals surface area contributed by atoms with Crippen LogP contribution in [0.15, 0.2) is 36.5 Å². The van der Waals surface area contributed by atoms with Gasteiger partial charge in [0.05, 0.1) is 5.69 Å². The minimum absolute atomic E-state index is 0.0829. The van der Waals surface area contributed by atoms with Gasteiger partial charge in [0.2, 0.25) is 0 Å². The number of aryl methyl sites for hydroxylation is 2. The normalized spacial score (nSPS) is 16.4. The molecule has 1 atom stereocenters. The van der Waals surface area contributed by atoms with E-state index in [1.165, 1.54) is 5.56 Å². The maximum Gasteiger partial charge on any atom is 0.136 e. The number of carbonyl (C=O) groups excluding carboxylic acids is 1. The van der Waals surface area contributed by atoms with E-state index in [9.17, 15) is 9.18 Å². The first-order chi connectivity index (χ1) is 12.5. The molecule has 1 unspecified atom stereocenters. The summed E-state index contributed by atoms with van der Waals surface area (Å²) < 4.78 is 13.9. The quantitative estimate of drug-likeness (QED) is 0.697. The zero-order chi connectivity index (χ0) is 18.7. The van der Waals surface area contributed by atoms with Crippen LogP contribution < -0.4 is 0 Å². The lowest BCUT2D eigenvalue weighted by atomic mass is 9.92. The molecule has 3 heteroatoms. The van der Waals surface area contributed by atoms with Gasteiger partial charge in [0, 0.05) is 24.1 Å². The van der Waals surface area contributed by atoms with Gasteiger partial charge in [-0.2, -0.15) is 0 Å². The van der Waals surface area contributed by atoms with E-state index in [1.54, 1.807) is 12.1 Å². The molecule has 0 radical (unpaired) electrons. The van der Waals surface area contributed by atoms with Gasteiger partial charge >= 0.3 is 0 Å². The number of benzene rings is 1. The van der Waals surface area contributed by atoms with E-state index < -0.39 is 0 Å². The lowest BCUT2D eigenvalue weighted by Gasteiger charge is -2.12. The van der Waals surface area contributed by atoms with Crippen molar-refractivity contribution in [2.45, 2.75) is 46.5 Å². The van der Waals surface area contributed by atoms with Crippen LogP contribution in [0.5, 0.6) is 0 Å². The number of rotatable bonds is 5. The number of Topliss-reactive ketones (excluding diaryl/α,β-unsaturated/α-hetero) is 1. The number of fused-ring (bicyclic) bond motifs is 1. The summed E-state index contributed by atoms with van der Waals surface area (Å²) in [4.78, 5) is 16.6. The predicted octanol–water partition coefficient (Wildman–Crippen LogP) is 5.64. The first-order valence-electron chi connectivity index (χ1n) is 9.46. The van der Waals surface area contributed by atoms with E-state index in [-0.39, 0.29) is 17.7 Å². The number of allylic oxidation sites excluding steroid dienone is 1. The van der Waals surface area contributed by atoms with Crippen molar-refractivity contribution >= 4 is 11.9 Å². The summed E-state index contributed by atoms with van der Waals surface area (Å²) in [6, 6.07) is 7.30. The predicted molar refractivity (Wildman–Crippen MR) is 104 cm³/mol. The van der Waals surface area contributed by atoms with Gasteiger partial charge < -0.3 is 0 Å². The Morgan fingerprint density at radius 3 is 2.77 bits per heavy atom. The van der Waals surface area contributed by atoms with Crippen LogP contribution in [0.1, 0.15) is 50.4 Å². The Bertz CT molecular complexity index is 838. The Balaban J connectivity index is 1.83. The number of nitrogens with zero attached hydrogens (tertiary/aromatic N) is 1. The first-order valence-corrected chi connectivity index (χ1v) is 9.46. The molecule has 1 aliphatic carbocycles. The van der Waals surface area contributed by atoms with Crippen molar-refractivity contribution in [3.63, 3.8) is 0 Å². The molecule has 2 aromatic rings. The summed E-state index contributed by atoms with van der Waals surface area (Å²) >= 11 is 0. The molecule has 0 amide bonds. The maximum atomic E-state index is 13.9. The summed E-state index contributed by atoms with van der Waals surface area (Å²) in [5, 5.41) is 0. The number of hydrogen-bond acceptors (Lipinski definition) is 2. The minimum Gasteiger partial charge on any atom is -0.299 e. The van der Waals surface area contributed by atoms with Crippen LogP contribution >= 0.6 is 0 Å². The molecule has 1 aliphatic rings. The molecule has 0 saturated heterocycles. The Labute approximate surface area is 155 Å². The van der Waals surface area contributed by atoms with Gasteiger partial charge in [-0.25, -0.2) is 4.39 Å². The fourth-order valence-corrected chi connectivity index (χ4v) is 3.38. The first kappa shape index (κ1) is 18.5. The van der Waals surface area contributed by atoms with E-state index in [1.807, 2.05) is 39.1 Å². The summed E-state index contributed by atoms with van der Waals surface area (Å²) in [5.41, 5.74) is 4.93. The second-order valence-corrected chi connectivity index (χ2v) is 7.45. The molecule has 0 N–H and O–H groups in total. The number of pyridine rings is 1. The molecule has 1 heterocycles. The van der Waals surface area contributed by atoms with Crippen LogP contribution in [0.2, 0.25) is 0 Å². The maximum absolute atomic E-state index is 13.9. The van der Waals surface area contributed by atoms with Crippen molar-refractivity contribution in [1.29, 1.82) is 0 Å². The zero-order valence-electron chi connectivity index (χ0n) is 15.8. The fraction of sp³-hybridized carbons (Fsp3) is 0.391. The van der Waals surface area contributed by atoms with Gasteiger partial charge in [-0.05, 0) is 66.1 Å². The largest absolute Gasteiger partial charge is 0.299 e. The Kier molecular flexibility index (Phi) is 5.65. The molecule has 3 rings (SSSR count). The highest BCUT2D eigenvalue weighted by atomic mass is 19.1. The van der Waals surface area contributed by atoms with Gasteiger partial charge in [0.1, 0.15) is 11.6 Å². The third kappa shape index (κ3) is 4.27. The number of hydrogen-bond donors (Lipinski definition) is 0. The molecule has 0 bridgehead atoms.